The van der Waals surface area contributed by atoms with Crippen molar-refractivity contribution < 1.29 is 4.39 Å². The smallest absolute Gasteiger partial charge is 0.141 e. The van der Waals surface area contributed by atoms with E-state index >= 15 is 0 Å². The van der Waals surface area contributed by atoms with Gasteiger partial charge in [0.05, 0.1) is 5.02 Å². The van der Waals surface area contributed by atoms with E-state index in [9.17, 15) is 9.65 Å². The number of halogens is 2. The monoisotopic (exact) mass is 448 g/mol. The summed E-state index contributed by atoms with van der Waals surface area (Å²) in [5.41, 5.74) is 6.88. The van der Waals surface area contributed by atoms with Gasteiger partial charge in [-0.2, -0.15) is 5.26 Å². The van der Waals surface area contributed by atoms with Crippen molar-refractivity contribution in [2.24, 2.45) is 5.92 Å². The van der Waals surface area contributed by atoms with Gasteiger partial charge in [0, 0.05) is 11.9 Å². The van der Waals surface area contributed by atoms with Crippen molar-refractivity contribution in [3.05, 3.63) is 99.3 Å². The van der Waals surface area contributed by atoms with Gasteiger partial charge >= 0.3 is 0 Å². The Balaban J connectivity index is 2.12. The van der Waals surface area contributed by atoms with E-state index in [0.29, 0.717) is 11.6 Å². The normalized spacial score (nSPS) is 18.0. The zero-order valence-corrected chi connectivity index (χ0v) is 20.0. The molecule has 4 heteroatoms. The second kappa shape index (κ2) is 10.7. The number of fused-ring (bicyclic) bond motifs is 1. The minimum Gasteiger partial charge on any atom is -0.308 e. The number of allylic oxidation sites excluding steroid dienone is 10. The Labute approximate surface area is 196 Å². The Morgan fingerprint density at radius 2 is 2.12 bits per heavy atom. The van der Waals surface area contributed by atoms with Crippen LogP contribution in [-0.4, -0.2) is 4.90 Å². The van der Waals surface area contributed by atoms with Crippen LogP contribution < -0.4 is 0 Å². The molecule has 32 heavy (non-hydrogen) atoms. The topological polar surface area (TPSA) is 27.0 Å². The van der Waals surface area contributed by atoms with Crippen LogP contribution in [-0.2, 0) is 0 Å². The second-order valence-electron chi connectivity index (χ2n) is 8.51. The number of nitrogens with zero attached hydrogens (tertiary/aromatic N) is 2. The first kappa shape index (κ1) is 23.8. The molecule has 0 aromatic heterocycles. The van der Waals surface area contributed by atoms with Crippen LogP contribution in [0.3, 0.4) is 0 Å². The Bertz CT molecular complexity index is 1110. The quantitative estimate of drug-likeness (QED) is 0.408. The summed E-state index contributed by atoms with van der Waals surface area (Å²) < 4.78 is 13.8. The third-order valence-electron chi connectivity index (χ3n) is 6.20. The van der Waals surface area contributed by atoms with E-state index in [1.165, 1.54) is 11.6 Å². The van der Waals surface area contributed by atoms with Gasteiger partial charge in [-0.05, 0) is 91.2 Å². The van der Waals surface area contributed by atoms with E-state index in [2.05, 4.69) is 51.1 Å². The zero-order valence-electron chi connectivity index (χ0n) is 19.3. The fourth-order valence-electron chi connectivity index (χ4n) is 3.87. The summed E-state index contributed by atoms with van der Waals surface area (Å²) in [7, 11) is 0. The van der Waals surface area contributed by atoms with Crippen molar-refractivity contribution in [3.8, 4) is 6.07 Å². The molecule has 166 valence electrons. The van der Waals surface area contributed by atoms with Gasteiger partial charge in [-0.1, -0.05) is 56.2 Å². The van der Waals surface area contributed by atoms with Gasteiger partial charge in [0.15, 0.2) is 0 Å². The molecular weight excluding hydrogens is 419 g/mol. The number of hydrogen-bond acceptors (Lipinski definition) is 2. The Morgan fingerprint density at radius 3 is 2.81 bits per heavy atom. The molecule has 0 saturated heterocycles. The van der Waals surface area contributed by atoms with Crippen molar-refractivity contribution in [1.29, 1.82) is 5.26 Å². The Kier molecular flexibility index (Phi) is 7.94. The maximum atomic E-state index is 13.8. The van der Waals surface area contributed by atoms with E-state index in [1.54, 1.807) is 12.1 Å². The van der Waals surface area contributed by atoms with E-state index in [1.807, 2.05) is 24.1 Å². The van der Waals surface area contributed by atoms with Gasteiger partial charge < -0.3 is 4.90 Å². The molecule has 1 unspecified atom stereocenters. The standard InChI is InChI=1S/C28H30ClFN2/c1-5-19(2)8-6-11-25(21(4)22-12-14-27(30)26(29)16-22)23-13-15-28-20(3)9-7-10-24(17-31)32(28)18-23/h6,10-16,18-19H,5,7-9H2,1-4H3/b11-6-,25-21-. The summed E-state index contributed by atoms with van der Waals surface area (Å²) in [5, 5.41) is 9.84. The summed E-state index contributed by atoms with van der Waals surface area (Å²) in [6.07, 6.45) is 16.5. The lowest BCUT2D eigenvalue weighted by atomic mass is 9.92. The average Bonchev–Trinajstić information content (AvgIpc) is 2.95. The minimum atomic E-state index is -0.424. The Morgan fingerprint density at radius 1 is 1.34 bits per heavy atom. The highest BCUT2D eigenvalue weighted by atomic mass is 35.5. The summed E-state index contributed by atoms with van der Waals surface area (Å²) in [6.45, 7) is 8.58. The highest BCUT2D eigenvalue weighted by molar-refractivity contribution is 6.30. The molecule has 1 atom stereocenters. The van der Waals surface area contributed by atoms with Crippen molar-refractivity contribution in [2.45, 2.75) is 53.4 Å². The Hall–Kier alpha value is -2.83. The highest BCUT2D eigenvalue weighted by Gasteiger charge is 2.21. The van der Waals surface area contributed by atoms with Crippen LogP contribution in [0, 0.1) is 23.1 Å². The SMILES string of the molecule is CCC(C)C/C=C\C(C1=CN2C(C#N)=CCCC(C)=C2C=C1)=C(/C)c1ccc(F)c(Cl)c1. The van der Waals surface area contributed by atoms with Crippen LogP contribution in [0.25, 0.3) is 5.57 Å². The van der Waals surface area contributed by atoms with E-state index in [-0.39, 0.29) is 5.02 Å². The lowest BCUT2D eigenvalue weighted by Crippen LogP contribution is -2.18. The van der Waals surface area contributed by atoms with Crippen LogP contribution in [0.5, 0.6) is 0 Å². The van der Waals surface area contributed by atoms with E-state index < -0.39 is 5.82 Å². The van der Waals surface area contributed by atoms with Crippen LogP contribution in [0.4, 0.5) is 4.39 Å². The predicted octanol–water partition coefficient (Wildman–Crippen LogP) is 8.48. The van der Waals surface area contributed by atoms with Gasteiger partial charge in [0.1, 0.15) is 17.6 Å². The van der Waals surface area contributed by atoms with Gasteiger partial charge in [0.2, 0.25) is 0 Å². The van der Waals surface area contributed by atoms with Crippen molar-refractivity contribution in [2.75, 3.05) is 0 Å². The van der Waals surface area contributed by atoms with Crippen LogP contribution in [0.15, 0.2) is 82.9 Å². The van der Waals surface area contributed by atoms with Crippen molar-refractivity contribution in [3.63, 3.8) is 0 Å². The van der Waals surface area contributed by atoms with Crippen LogP contribution >= 0.6 is 11.6 Å². The molecule has 2 aliphatic rings. The van der Waals surface area contributed by atoms with Crippen molar-refractivity contribution in [1.82, 2.24) is 4.90 Å². The molecule has 0 bridgehead atoms. The van der Waals surface area contributed by atoms with Gasteiger partial charge in [-0.3, -0.25) is 0 Å². The number of nitriles is 1. The summed E-state index contributed by atoms with van der Waals surface area (Å²) in [4.78, 5) is 1.99. The molecule has 0 saturated carbocycles. The maximum absolute atomic E-state index is 13.8. The van der Waals surface area contributed by atoms with E-state index in [0.717, 1.165) is 53.7 Å². The maximum Gasteiger partial charge on any atom is 0.141 e. The molecule has 1 aromatic carbocycles. The molecule has 0 spiro atoms. The first-order valence-electron chi connectivity index (χ1n) is 11.2. The fourth-order valence-corrected chi connectivity index (χ4v) is 4.05. The molecule has 0 N–H and O–H groups in total. The average molecular weight is 449 g/mol. The second-order valence-corrected chi connectivity index (χ2v) is 8.92. The summed E-state index contributed by atoms with van der Waals surface area (Å²) in [5.74, 6) is 0.173. The lowest BCUT2D eigenvalue weighted by molar-refractivity contribution is 0.572. The molecular formula is C28H30ClFN2. The number of rotatable bonds is 6. The highest BCUT2D eigenvalue weighted by Crippen LogP contribution is 2.35. The summed E-state index contributed by atoms with van der Waals surface area (Å²) in [6, 6.07) is 7.18. The minimum absolute atomic E-state index is 0.112. The van der Waals surface area contributed by atoms with Crippen LogP contribution in [0.2, 0.25) is 5.02 Å². The number of hydrogen-bond donors (Lipinski definition) is 0. The molecule has 0 fully saturated rings. The molecule has 3 rings (SSSR count). The largest absolute Gasteiger partial charge is 0.308 e. The van der Waals surface area contributed by atoms with Gasteiger partial charge in [0.25, 0.3) is 0 Å². The molecule has 2 nitrogen and oxygen atoms in total. The fraction of sp³-hybridized carbons (Fsp3) is 0.321. The first-order chi connectivity index (χ1) is 15.3. The number of benzene rings is 1. The van der Waals surface area contributed by atoms with Gasteiger partial charge in [-0.15, -0.1) is 0 Å². The van der Waals surface area contributed by atoms with Gasteiger partial charge in [-0.25, -0.2) is 4.39 Å². The molecule has 1 aromatic rings. The van der Waals surface area contributed by atoms with Crippen molar-refractivity contribution >= 4 is 17.2 Å². The van der Waals surface area contributed by atoms with Crippen LogP contribution in [0.1, 0.15) is 58.9 Å². The molecule has 0 radical (unpaired) electrons. The molecule has 2 heterocycles. The molecule has 0 aliphatic carbocycles. The third kappa shape index (κ3) is 5.31. The molecule has 0 amide bonds. The zero-order chi connectivity index (χ0) is 23.3. The van der Waals surface area contributed by atoms with E-state index in [4.69, 9.17) is 11.6 Å². The third-order valence-corrected chi connectivity index (χ3v) is 6.49. The first-order valence-corrected chi connectivity index (χ1v) is 11.6. The lowest BCUT2D eigenvalue weighted by Gasteiger charge is -2.27. The molecule has 2 aliphatic heterocycles. The predicted molar refractivity (Wildman–Crippen MR) is 132 cm³/mol. The summed E-state index contributed by atoms with van der Waals surface area (Å²) >= 11 is 6.07.